The third-order valence-corrected chi connectivity index (χ3v) is 6.12. The maximum atomic E-state index is 12.2. The number of sulfonamides is 1. The molecule has 25 heavy (non-hydrogen) atoms. The molecule has 3 rings (SSSR count). The van der Waals surface area contributed by atoms with Crippen LogP contribution in [0, 0.1) is 5.41 Å². The first-order valence-electron chi connectivity index (χ1n) is 8.20. The maximum Gasteiger partial charge on any atom is 0.263 e. The minimum absolute atomic E-state index is 0.246. The van der Waals surface area contributed by atoms with E-state index in [4.69, 9.17) is 0 Å². The van der Waals surface area contributed by atoms with Gasteiger partial charge in [0.25, 0.3) is 10.0 Å². The normalized spacial score (nSPS) is 20.5. The molecule has 0 aliphatic carbocycles. The number of fused-ring (bicyclic) bond motifs is 1. The summed E-state index contributed by atoms with van der Waals surface area (Å²) < 4.78 is 26.9. The molecule has 0 amide bonds. The molecule has 5 nitrogen and oxygen atoms in total. The number of aliphatic hydroxyl groups is 1. The summed E-state index contributed by atoms with van der Waals surface area (Å²) in [5.74, 6) is 0.343. The van der Waals surface area contributed by atoms with E-state index >= 15 is 0 Å². The van der Waals surface area contributed by atoms with Crippen LogP contribution in [0.25, 0.3) is 0 Å². The van der Waals surface area contributed by atoms with Crippen LogP contribution in [0.3, 0.4) is 0 Å². The Morgan fingerprint density at radius 2 is 1.76 bits per heavy atom. The van der Waals surface area contributed by atoms with Gasteiger partial charge in [-0.15, -0.1) is 0 Å². The van der Waals surface area contributed by atoms with E-state index in [1.54, 1.807) is 31.2 Å². The van der Waals surface area contributed by atoms with Crippen LogP contribution < -0.4 is 4.72 Å². The Morgan fingerprint density at radius 1 is 1.12 bits per heavy atom. The van der Waals surface area contributed by atoms with E-state index in [2.05, 4.69) is 9.71 Å². The van der Waals surface area contributed by atoms with Crippen LogP contribution in [0.2, 0.25) is 0 Å². The number of hydrogen-bond acceptors (Lipinski definition) is 4. The van der Waals surface area contributed by atoms with E-state index in [0.717, 1.165) is 5.56 Å². The van der Waals surface area contributed by atoms with Crippen molar-refractivity contribution in [2.24, 2.45) is 10.4 Å². The van der Waals surface area contributed by atoms with E-state index in [9.17, 15) is 13.5 Å². The summed E-state index contributed by atoms with van der Waals surface area (Å²) in [6.07, 6.45) is 0.0572. The molecule has 0 spiro atoms. The smallest absolute Gasteiger partial charge is 0.263 e. The summed E-state index contributed by atoms with van der Waals surface area (Å²) in [6.45, 7) is 4.02. The topological polar surface area (TPSA) is 78.8 Å². The first-order valence-corrected chi connectivity index (χ1v) is 9.69. The zero-order chi connectivity index (χ0) is 18.1. The molecule has 1 heterocycles. The van der Waals surface area contributed by atoms with Gasteiger partial charge in [-0.3, -0.25) is 9.71 Å². The fourth-order valence-electron chi connectivity index (χ4n) is 2.91. The number of nitrogens with zero attached hydrogens (tertiary/aromatic N) is 1. The summed E-state index contributed by atoms with van der Waals surface area (Å²) in [5.41, 5.74) is 1.19. The average Bonchev–Trinajstić information content (AvgIpc) is 2.85. The van der Waals surface area contributed by atoms with Gasteiger partial charge < -0.3 is 5.11 Å². The van der Waals surface area contributed by atoms with Gasteiger partial charge in [0.1, 0.15) is 5.84 Å². The molecule has 0 radical (unpaired) electrons. The van der Waals surface area contributed by atoms with Crippen molar-refractivity contribution in [2.75, 3.05) is 6.54 Å². The fourth-order valence-corrected chi connectivity index (χ4v) is 4.16. The molecule has 2 N–H and O–H groups in total. The van der Waals surface area contributed by atoms with Gasteiger partial charge in [0, 0.05) is 17.5 Å². The van der Waals surface area contributed by atoms with E-state index in [-0.39, 0.29) is 4.90 Å². The highest BCUT2D eigenvalue weighted by Crippen LogP contribution is 2.29. The maximum absolute atomic E-state index is 12.2. The molecule has 0 aromatic heterocycles. The number of rotatable bonds is 5. The summed E-state index contributed by atoms with van der Waals surface area (Å²) >= 11 is 0. The van der Waals surface area contributed by atoms with E-state index in [1.165, 1.54) is 0 Å². The van der Waals surface area contributed by atoms with Crippen molar-refractivity contribution in [2.45, 2.75) is 31.3 Å². The van der Waals surface area contributed by atoms with Gasteiger partial charge in [0.05, 0.1) is 11.0 Å². The number of aliphatic hydroxyl groups excluding tert-OH is 1. The quantitative estimate of drug-likeness (QED) is 0.861. The lowest BCUT2D eigenvalue weighted by molar-refractivity contribution is 0.0592. The zero-order valence-corrected chi connectivity index (χ0v) is 15.1. The van der Waals surface area contributed by atoms with Crippen molar-refractivity contribution in [3.8, 4) is 0 Å². The van der Waals surface area contributed by atoms with Crippen molar-refractivity contribution in [3.05, 3.63) is 65.7 Å². The lowest BCUT2D eigenvalue weighted by Crippen LogP contribution is -2.36. The average molecular weight is 358 g/mol. The van der Waals surface area contributed by atoms with Crippen molar-refractivity contribution >= 4 is 15.9 Å². The number of amidine groups is 1. The molecule has 2 unspecified atom stereocenters. The molecule has 6 heteroatoms. The van der Waals surface area contributed by atoms with Gasteiger partial charge in [-0.1, -0.05) is 49.4 Å². The minimum atomic E-state index is -3.54. The Morgan fingerprint density at radius 3 is 2.44 bits per heavy atom. The van der Waals surface area contributed by atoms with E-state index in [0.29, 0.717) is 24.4 Å². The fraction of sp³-hybridized carbons (Fsp3) is 0.316. The van der Waals surface area contributed by atoms with Crippen molar-refractivity contribution < 1.29 is 13.5 Å². The number of hydrogen-bond donors (Lipinski definition) is 2. The predicted molar refractivity (Wildman–Crippen MR) is 98.1 cm³/mol. The Balaban J connectivity index is 1.88. The molecule has 0 bridgehead atoms. The van der Waals surface area contributed by atoms with Crippen LogP contribution in [-0.2, 0) is 16.4 Å². The van der Waals surface area contributed by atoms with E-state index < -0.39 is 21.5 Å². The predicted octanol–water partition coefficient (Wildman–Crippen LogP) is 2.35. The van der Waals surface area contributed by atoms with Gasteiger partial charge in [-0.2, -0.15) is 0 Å². The van der Waals surface area contributed by atoms with Gasteiger partial charge in [-0.05, 0) is 31.0 Å². The standard InChI is InChI=1S/C19H22N2O3S/c1-14(22)19(2,12-15-8-4-3-5-9-15)13-20-18-16-10-6-7-11-17(16)25(23,24)21-18/h3-11,14,22H,12-13H2,1-2H3,(H,20,21). The molecule has 0 saturated carbocycles. The first kappa shape index (κ1) is 17.6. The summed E-state index contributed by atoms with van der Waals surface area (Å²) in [4.78, 5) is 4.76. The van der Waals surface area contributed by atoms with Crippen LogP contribution >= 0.6 is 0 Å². The molecule has 2 atom stereocenters. The Bertz CT molecular complexity index is 892. The van der Waals surface area contributed by atoms with Crippen LogP contribution in [-0.4, -0.2) is 32.0 Å². The highest BCUT2D eigenvalue weighted by molar-refractivity contribution is 7.90. The SMILES string of the molecule is CC(O)C(C)(CN=C1NS(=O)(=O)c2ccccc21)Cc1ccccc1. The molecule has 2 aromatic carbocycles. The molecule has 2 aromatic rings. The zero-order valence-electron chi connectivity index (χ0n) is 14.3. The number of aliphatic imine (C=N–C) groups is 1. The third kappa shape index (κ3) is 3.60. The molecule has 1 aliphatic heterocycles. The van der Waals surface area contributed by atoms with Crippen molar-refractivity contribution in [1.29, 1.82) is 0 Å². The third-order valence-electron chi connectivity index (χ3n) is 4.72. The number of nitrogens with one attached hydrogen (secondary N) is 1. The molecular formula is C19H22N2O3S. The summed E-state index contributed by atoms with van der Waals surface area (Å²) in [5, 5.41) is 10.3. The summed E-state index contributed by atoms with van der Waals surface area (Å²) in [6, 6.07) is 16.7. The Kier molecular flexibility index (Phi) is 4.67. The molecule has 1 aliphatic rings. The monoisotopic (exact) mass is 358 g/mol. The van der Waals surface area contributed by atoms with Crippen molar-refractivity contribution in [3.63, 3.8) is 0 Å². The largest absolute Gasteiger partial charge is 0.393 e. The first-order chi connectivity index (χ1) is 11.8. The van der Waals surface area contributed by atoms with Gasteiger partial charge in [-0.25, -0.2) is 8.42 Å². The van der Waals surface area contributed by atoms with Crippen LogP contribution in [0.4, 0.5) is 0 Å². The second-order valence-electron chi connectivity index (χ2n) is 6.76. The Hall–Kier alpha value is -2.18. The molecule has 0 fully saturated rings. The van der Waals surface area contributed by atoms with Crippen LogP contribution in [0.15, 0.2) is 64.5 Å². The lowest BCUT2D eigenvalue weighted by atomic mass is 9.79. The van der Waals surface area contributed by atoms with Gasteiger partial charge in [0.2, 0.25) is 0 Å². The van der Waals surface area contributed by atoms with Crippen LogP contribution in [0.1, 0.15) is 25.0 Å². The van der Waals surface area contributed by atoms with Gasteiger partial charge >= 0.3 is 0 Å². The second-order valence-corrected chi connectivity index (χ2v) is 8.41. The highest BCUT2D eigenvalue weighted by atomic mass is 32.2. The Labute approximate surface area is 148 Å². The molecular weight excluding hydrogens is 336 g/mol. The minimum Gasteiger partial charge on any atom is -0.393 e. The molecule has 132 valence electrons. The van der Waals surface area contributed by atoms with Crippen molar-refractivity contribution in [1.82, 2.24) is 4.72 Å². The lowest BCUT2D eigenvalue weighted by Gasteiger charge is -2.31. The van der Waals surface area contributed by atoms with E-state index in [1.807, 2.05) is 37.3 Å². The highest BCUT2D eigenvalue weighted by Gasteiger charge is 2.33. The second kappa shape index (κ2) is 6.61. The summed E-state index contributed by atoms with van der Waals surface area (Å²) in [7, 11) is -3.54. The number of benzene rings is 2. The van der Waals surface area contributed by atoms with Crippen LogP contribution in [0.5, 0.6) is 0 Å². The van der Waals surface area contributed by atoms with Gasteiger partial charge in [0.15, 0.2) is 0 Å². The molecule has 0 saturated heterocycles.